The fourth-order valence-electron chi connectivity index (χ4n) is 3.38. The number of aromatic nitrogens is 1. The zero-order chi connectivity index (χ0) is 14.7. The molecular weight excluding hydrogens is 324 g/mol. The number of hydrogen-bond donors (Lipinski definition) is 1. The van der Waals surface area contributed by atoms with Crippen LogP contribution in [0.4, 0.5) is 0 Å². The molecule has 3 rings (SSSR count). The number of pyridine rings is 1. The second kappa shape index (κ2) is 6.71. The number of likely N-dealkylation sites (N-methyl/N-ethyl adjacent to an activating group) is 1. The van der Waals surface area contributed by atoms with E-state index in [2.05, 4.69) is 69.6 Å². The first-order chi connectivity index (χ1) is 10.3. The van der Waals surface area contributed by atoms with E-state index in [0.29, 0.717) is 12.0 Å². The molecule has 3 heteroatoms. The first-order valence-corrected chi connectivity index (χ1v) is 8.49. The number of halogens is 1. The van der Waals surface area contributed by atoms with Crippen LogP contribution in [0, 0.1) is 0 Å². The minimum Gasteiger partial charge on any atom is -0.313 e. The van der Waals surface area contributed by atoms with E-state index in [4.69, 9.17) is 0 Å². The number of hydrogen-bond acceptors (Lipinski definition) is 2. The van der Waals surface area contributed by atoms with Crippen molar-refractivity contribution in [3.63, 3.8) is 0 Å². The van der Waals surface area contributed by atoms with E-state index in [1.54, 1.807) is 0 Å². The molecule has 0 amide bonds. The van der Waals surface area contributed by atoms with Crippen LogP contribution in [0.3, 0.4) is 0 Å². The van der Waals surface area contributed by atoms with E-state index in [9.17, 15) is 0 Å². The summed E-state index contributed by atoms with van der Waals surface area (Å²) in [5.41, 5.74) is 4.21. The van der Waals surface area contributed by atoms with Gasteiger partial charge in [-0.15, -0.1) is 0 Å². The van der Waals surface area contributed by atoms with Crippen molar-refractivity contribution in [3.8, 4) is 0 Å². The van der Waals surface area contributed by atoms with Gasteiger partial charge in [-0.3, -0.25) is 4.98 Å². The Kier molecular flexibility index (Phi) is 4.71. The minimum atomic E-state index is 0.465. The summed E-state index contributed by atoms with van der Waals surface area (Å²) in [4.78, 5) is 4.54. The highest BCUT2D eigenvalue weighted by Crippen LogP contribution is 2.36. The predicted molar refractivity (Wildman–Crippen MR) is 90.6 cm³/mol. The third kappa shape index (κ3) is 3.35. The Morgan fingerprint density at radius 1 is 1.29 bits per heavy atom. The lowest BCUT2D eigenvalue weighted by Crippen LogP contribution is -2.36. The molecule has 0 bridgehead atoms. The Hall–Kier alpha value is -1.19. The highest BCUT2D eigenvalue weighted by atomic mass is 79.9. The minimum absolute atomic E-state index is 0.465. The lowest BCUT2D eigenvalue weighted by atomic mass is 9.90. The van der Waals surface area contributed by atoms with Crippen molar-refractivity contribution in [2.45, 2.75) is 38.1 Å². The van der Waals surface area contributed by atoms with Crippen molar-refractivity contribution in [2.75, 3.05) is 6.54 Å². The van der Waals surface area contributed by atoms with Gasteiger partial charge in [0.1, 0.15) is 0 Å². The van der Waals surface area contributed by atoms with E-state index >= 15 is 0 Å². The molecule has 2 atom stereocenters. The number of nitrogens with one attached hydrogen (secondary N) is 1. The van der Waals surface area contributed by atoms with Crippen LogP contribution in [-0.4, -0.2) is 17.6 Å². The fourth-order valence-corrected chi connectivity index (χ4v) is 3.61. The maximum Gasteiger partial charge on any atom is 0.0420 e. The summed E-state index contributed by atoms with van der Waals surface area (Å²) in [6, 6.07) is 13.6. The summed E-state index contributed by atoms with van der Waals surface area (Å²) in [5, 5.41) is 3.68. The number of fused-ring (bicyclic) bond motifs is 1. The smallest absolute Gasteiger partial charge is 0.0420 e. The Morgan fingerprint density at radius 3 is 2.90 bits per heavy atom. The van der Waals surface area contributed by atoms with Crippen molar-refractivity contribution >= 4 is 15.9 Å². The monoisotopic (exact) mass is 344 g/mol. The van der Waals surface area contributed by atoms with Crippen LogP contribution in [0.1, 0.15) is 36.1 Å². The molecular formula is C18H21BrN2. The van der Waals surface area contributed by atoms with Gasteiger partial charge in [-0.2, -0.15) is 0 Å². The molecule has 110 valence electrons. The Labute approximate surface area is 135 Å². The van der Waals surface area contributed by atoms with E-state index in [-0.39, 0.29) is 0 Å². The molecule has 0 saturated carbocycles. The average Bonchev–Trinajstić information content (AvgIpc) is 2.93. The number of nitrogens with zero attached hydrogens (tertiary/aromatic N) is 1. The molecule has 0 spiro atoms. The summed E-state index contributed by atoms with van der Waals surface area (Å²) in [5.74, 6) is 0.603. The van der Waals surface area contributed by atoms with Gasteiger partial charge in [0.25, 0.3) is 0 Å². The quantitative estimate of drug-likeness (QED) is 0.883. The standard InChI is InChI=1S/C18H21BrN2/c1-2-20-18(11-15-9-8-14(19)12-21-15)17-10-7-13-5-3-4-6-16(13)17/h3-6,8-9,12,17-18,20H,2,7,10-11H2,1H3. The summed E-state index contributed by atoms with van der Waals surface area (Å²) in [6.45, 7) is 3.18. The van der Waals surface area contributed by atoms with Gasteiger partial charge in [0, 0.05) is 34.7 Å². The first kappa shape index (κ1) is 14.7. The zero-order valence-corrected chi connectivity index (χ0v) is 13.9. The van der Waals surface area contributed by atoms with Crippen molar-refractivity contribution in [1.82, 2.24) is 10.3 Å². The SMILES string of the molecule is CCNC(Cc1ccc(Br)cn1)C1CCc2ccccc21. The van der Waals surface area contributed by atoms with Crippen LogP contribution in [0.5, 0.6) is 0 Å². The zero-order valence-electron chi connectivity index (χ0n) is 12.3. The fraction of sp³-hybridized carbons (Fsp3) is 0.389. The van der Waals surface area contributed by atoms with Crippen LogP contribution in [0.2, 0.25) is 0 Å². The van der Waals surface area contributed by atoms with Gasteiger partial charge in [0.2, 0.25) is 0 Å². The highest BCUT2D eigenvalue weighted by molar-refractivity contribution is 9.10. The van der Waals surface area contributed by atoms with Gasteiger partial charge < -0.3 is 5.32 Å². The maximum atomic E-state index is 4.54. The van der Waals surface area contributed by atoms with Crippen LogP contribution in [0.15, 0.2) is 47.1 Å². The molecule has 0 aliphatic heterocycles. The van der Waals surface area contributed by atoms with E-state index in [0.717, 1.165) is 23.1 Å². The summed E-state index contributed by atoms with van der Waals surface area (Å²) in [6.07, 6.45) is 5.32. The Balaban J connectivity index is 1.80. The topological polar surface area (TPSA) is 24.9 Å². The number of benzene rings is 1. The normalized spacial score (nSPS) is 18.5. The maximum absolute atomic E-state index is 4.54. The lowest BCUT2D eigenvalue weighted by Gasteiger charge is -2.25. The molecule has 21 heavy (non-hydrogen) atoms. The molecule has 1 N–H and O–H groups in total. The molecule has 0 saturated heterocycles. The van der Waals surface area contributed by atoms with Gasteiger partial charge in [0.15, 0.2) is 0 Å². The van der Waals surface area contributed by atoms with Gasteiger partial charge in [-0.05, 0) is 58.6 Å². The molecule has 2 nitrogen and oxygen atoms in total. The van der Waals surface area contributed by atoms with Crippen molar-refractivity contribution in [2.24, 2.45) is 0 Å². The third-order valence-corrected chi connectivity index (χ3v) is 4.82. The van der Waals surface area contributed by atoms with Crippen LogP contribution in [-0.2, 0) is 12.8 Å². The average molecular weight is 345 g/mol. The second-order valence-corrected chi connectivity index (χ2v) is 6.60. The van der Waals surface area contributed by atoms with Crippen molar-refractivity contribution in [3.05, 3.63) is 63.9 Å². The molecule has 1 aliphatic rings. The molecule has 1 heterocycles. The molecule has 0 fully saturated rings. The third-order valence-electron chi connectivity index (χ3n) is 4.35. The summed E-state index contributed by atoms with van der Waals surface area (Å²) in [7, 11) is 0. The second-order valence-electron chi connectivity index (χ2n) is 5.68. The summed E-state index contributed by atoms with van der Waals surface area (Å²) < 4.78 is 1.04. The molecule has 1 aromatic heterocycles. The van der Waals surface area contributed by atoms with E-state index in [1.807, 2.05) is 6.20 Å². The molecule has 2 aromatic rings. The van der Waals surface area contributed by atoms with Gasteiger partial charge in [0.05, 0.1) is 0 Å². The van der Waals surface area contributed by atoms with Gasteiger partial charge in [-0.1, -0.05) is 31.2 Å². The van der Waals surface area contributed by atoms with Crippen LogP contribution in [0.25, 0.3) is 0 Å². The number of aryl methyl sites for hydroxylation is 1. The number of rotatable bonds is 5. The lowest BCUT2D eigenvalue weighted by molar-refractivity contribution is 0.432. The largest absolute Gasteiger partial charge is 0.313 e. The van der Waals surface area contributed by atoms with Gasteiger partial charge in [-0.25, -0.2) is 0 Å². The van der Waals surface area contributed by atoms with Crippen molar-refractivity contribution < 1.29 is 0 Å². The first-order valence-electron chi connectivity index (χ1n) is 7.69. The molecule has 1 aromatic carbocycles. The Bertz CT molecular complexity index is 594. The highest BCUT2D eigenvalue weighted by Gasteiger charge is 2.29. The van der Waals surface area contributed by atoms with E-state index in [1.165, 1.54) is 24.0 Å². The van der Waals surface area contributed by atoms with Crippen molar-refractivity contribution in [1.29, 1.82) is 0 Å². The Morgan fingerprint density at radius 2 is 2.14 bits per heavy atom. The van der Waals surface area contributed by atoms with Crippen LogP contribution < -0.4 is 5.32 Å². The van der Waals surface area contributed by atoms with Gasteiger partial charge >= 0.3 is 0 Å². The molecule has 2 unspecified atom stereocenters. The predicted octanol–water partition coefficient (Wildman–Crippen LogP) is 4.09. The summed E-state index contributed by atoms with van der Waals surface area (Å²) >= 11 is 3.45. The van der Waals surface area contributed by atoms with E-state index < -0.39 is 0 Å². The molecule has 0 radical (unpaired) electrons. The van der Waals surface area contributed by atoms with Crippen LogP contribution >= 0.6 is 15.9 Å². The molecule has 1 aliphatic carbocycles.